The maximum Gasteiger partial charge on any atom is 0.314 e. The predicted molar refractivity (Wildman–Crippen MR) is 102 cm³/mol. The molecule has 0 aliphatic heterocycles. The lowest BCUT2D eigenvalue weighted by Gasteiger charge is -2.43. The fourth-order valence-corrected chi connectivity index (χ4v) is 3.37. The molecule has 0 bridgehead atoms. The summed E-state index contributed by atoms with van der Waals surface area (Å²) in [5, 5.41) is 10.4. The fraction of sp³-hybridized carbons (Fsp3) is 0.368. The summed E-state index contributed by atoms with van der Waals surface area (Å²) in [4.78, 5) is 8.39. The van der Waals surface area contributed by atoms with E-state index in [0.29, 0.717) is 16.5 Å². The molecule has 0 saturated heterocycles. The van der Waals surface area contributed by atoms with Crippen LogP contribution in [0.5, 0.6) is 0 Å². The van der Waals surface area contributed by atoms with Crippen LogP contribution in [-0.4, -0.2) is 20.2 Å². The van der Waals surface area contributed by atoms with Gasteiger partial charge in [-0.2, -0.15) is 8.78 Å². The second kappa shape index (κ2) is 8.77. The van der Waals surface area contributed by atoms with Gasteiger partial charge in [-0.25, -0.2) is 14.4 Å². The molecule has 0 unspecified atom stereocenters. The van der Waals surface area contributed by atoms with Crippen molar-refractivity contribution in [1.29, 1.82) is 0 Å². The summed E-state index contributed by atoms with van der Waals surface area (Å²) in [7, 11) is 0. The Balaban J connectivity index is 0.00000117. The second-order valence-corrected chi connectivity index (χ2v) is 6.63. The molecule has 2 aromatic heterocycles. The van der Waals surface area contributed by atoms with Crippen molar-refractivity contribution in [1.82, 2.24) is 20.2 Å². The number of anilines is 1. The van der Waals surface area contributed by atoms with E-state index in [0.717, 1.165) is 24.8 Å². The number of alkyl halides is 2. The first kappa shape index (κ1) is 21.0. The topological polar surface area (TPSA) is 76.7 Å². The molecule has 2 heterocycles. The van der Waals surface area contributed by atoms with Gasteiger partial charge in [0.05, 0.1) is 11.1 Å². The quantitative estimate of drug-likeness (QED) is 0.558. The summed E-state index contributed by atoms with van der Waals surface area (Å²) in [6.45, 7) is 4.00. The summed E-state index contributed by atoms with van der Waals surface area (Å²) < 4.78 is 43.3. The van der Waals surface area contributed by atoms with Gasteiger partial charge < -0.3 is 9.73 Å². The summed E-state index contributed by atoms with van der Waals surface area (Å²) in [5.74, 6) is -0.919. The van der Waals surface area contributed by atoms with Gasteiger partial charge in [0.15, 0.2) is 0 Å². The van der Waals surface area contributed by atoms with E-state index in [-0.39, 0.29) is 5.89 Å². The van der Waals surface area contributed by atoms with E-state index in [4.69, 9.17) is 16.0 Å². The molecule has 10 heteroatoms. The normalized spacial score (nSPS) is 14.7. The molecule has 3 aromatic rings. The van der Waals surface area contributed by atoms with Crippen molar-refractivity contribution >= 4 is 17.5 Å². The molecule has 0 spiro atoms. The number of hydrogen-bond donors (Lipinski definition) is 1. The lowest BCUT2D eigenvalue weighted by atomic mass is 9.72. The van der Waals surface area contributed by atoms with E-state index < -0.39 is 23.7 Å². The lowest BCUT2D eigenvalue weighted by Crippen LogP contribution is -2.42. The van der Waals surface area contributed by atoms with Gasteiger partial charge in [-0.05, 0) is 37.0 Å². The standard InChI is InChI=1S/C17H13ClF3N5O.C2H6/c18-12-6-10(19)2-3-11(12)17(4-1-5-17)24-16-22-7-9(8-23-16)14-25-26-15(27-14)13(20)21;1-2/h2-3,6-8,13H,1,4-5H2,(H,22,23,24);1-2H3. The lowest BCUT2D eigenvalue weighted by molar-refractivity contribution is 0.116. The zero-order chi connectivity index (χ0) is 21.0. The van der Waals surface area contributed by atoms with Gasteiger partial charge in [0.2, 0.25) is 5.95 Å². The maximum atomic E-state index is 13.3. The van der Waals surface area contributed by atoms with Crippen molar-refractivity contribution in [2.24, 2.45) is 0 Å². The highest BCUT2D eigenvalue weighted by Gasteiger charge is 2.40. The van der Waals surface area contributed by atoms with Crippen LogP contribution in [0.3, 0.4) is 0 Å². The first-order valence-corrected chi connectivity index (χ1v) is 9.52. The third kappa shape index (κ3) is 4.34. The van der Waals surface area contributed by atoms with E-state index in [9.17, 15) is 13.2 Å². The molecule has 0 atom stereocenters. The number of rotatable bonds is 5. The Morgan fingerprint density at radius 3 is 2.34 bits per heavy atom. The number of benzene rings is 1. The monoisotopic (exact) mass is 425 g/mol. The number of nitrogens with zero attached hydrogens (tertiary/aromatic N) is 4. The van der Waals surface area contributed by atoms with Gasteiger partial charge in [0.1, 0.15) is 5.82 Å². The van der Waals surface area contributed by atoms with Crippen LogP contribution < -0.4 is 5.32 Å². The Labute approximate surface area is 170 Å². The largest absolute Gasteiger partial charge is 0.415 e. The van der Waals surface area contributed by atoms with Crippen LogP contribution in [0.15, 0.2) is 35.0 Å². The van der Waals surface area contributed by atoms with Gasteiger partial charge >= 0.3 is 6.43 Å². The summed E-state index contributed by atoms with van der Waals surface area (Å²) in [6.07, 6.45) is 2.53. The average Bonchev–Trinajstić information content (AvgIpc) is 3.18. The molecular formula is C19H19ClF3N5O. The minimum absolute atomic E-state index is 0.0863. The minimum Gasteiger partial charge on any atom is -0.415 e. The van der Waals surface area contributed by atoms with Crippen LogP contribution in [0.1, 0.15) is 51.0 Å². The van der Waals surface area contributed by atoms with Crippen LogP contribution in [0.25, 0.3) is 11.5 Å². The number of hydrogen-bond acceptors (Lipinski definition) is 6. The number of halogens is 4. The summed E-state index contributed by atoms with van der Waals surface area (Å²) in [5.41, 5.74) is 0.630. The second-order valence-electron chi connectivity index (χ2n) is 6.23. The van der Waals surface area contributed by atoms with Crippen LogP contribution in [0.4, 0.5) is 19.1 Å². The SMILES string of the molecule is CC.Fc1ccc(C2(Nc3ncc(-c4nnc(C(F)F)o4)cn3)CCC2)c(Cl)c1. The molecule has 1 N–H and O–H groups in total. The van der Waals surface area contributed by atoms with Crippen LogP contribution >= 0.6 is 11.6 Å². The van der Waals surface area contributed by atoms with E-state index in [1.807, 2.05) is 13.8 Å². The van der Waals surface area contributed by atoms with Gasteiger partial charge in [-0.15, -0.1) is 10.2 Å². The van der Waals surface area contributed by atoms with Crippen molar-refractivity contribution in [2.45, 2.75) is 45.1 Å². The molecule has 6 nitrogen and oxygen atoms in total. The highest BCUT2D eigenvalue weighted by molar-refractivity contribution is 6.31. The molecule has 154 valence electrons. The fourth-order valence-electron chi connectivity index (χ4n) is 3.03. The van der Waals surface area contributed by atoms with Crippen molar-refractivity contribution in [3.8, 4) is 11.5 Å². The Morgan fingerprint density at radius 2 is 1.83 bits per heavy atom. The average molecular weight is 426 g/mol. The zero-order valence-electron chi connectivity index (χ0n) is 15.8. The first-order chi connectivity index (χ1) is 14.0. The van der Waals surface area contributed by atoms with Crippen molar-refractivity contribution in [2.75, 3.05) is 5.32 Å². The van der Waals surface area contributed by atoms with E-state index in [1.54, 1.807) is 6.07 Å². The Kier molecular flexibility index (Phi) is 6.36. The van der Waals surface area contributed by atoms with Crippen molar-refractivity contribution in [3.05, 3.63) is 52.9 Å². The third-order valence-corrected chi connectivity index (χ3v) is 4.84. The smallest absolute Gasteiger partial charge is 0.314 e. The van der Waals surface area contributed by atoms with Crippen LogP contribution in [0, 0.1) is 5.82 Å². The van der Waals surface area contributed by atoms with Crippen molar-refractivity contribution < 1.29 is 17.6 Å². The van der Waals surface area contributed by atoms with Gasteiger partial charge in [0.25, 0.3) is 11.8 Å². The van der Waals surface area contributed by atoms with Gasteiger partial charge in [0, 0.05) is 17.4 Å². The zero-order valence-corrected chi connectivity index (χ0v) is 16.6. The highest BCUT2D eigenvalue weighted by Crippen LogP contribution is 2.46. The molecular weight excluding hydrogens is 407 g/mol. The Hall–Kier alpha value is -2.68. The summed E-state index contributed by atoms with van der Waals surface area (Å²) in [6, 6.07) is 4.30. The minimum atomic E-state index is -2.84. The molecule has 0 radical (unpaired) electrons. The van der Waals surface area contributed by atoms with Crippen molar-refractivity contribution in [3.63, 3.8) is 0 Å². The molecule has 1 fully saturated rings. The maximum absolute atomic E-state index is 13.3. The summed E-state index contributed by atoms with van der Waals surface area (Å²) >= 11 is 6.22. The van der Waals surface area contributed by atoms with E-state index in [2.05, 4.69) is 25.5 Å². The van der Waals surface area contributed by atoms with Crippen LogP contribution in [-0.2, 0) is 5.54 Å². The van der Waals surface area contributed by atoms with Crippen LogP contribution in [0.2, 0.25) is 5.02 Å². The molecule has 1 aliphatic rings. The first-order valence-electron chi connectivity index (χ1n) is 9.14. The molecule has 1 aliphatic carbocycles. The number of aromatic nitrogens is 4. The third-order valence-electron chi connectivity index (χ3n) is 4.53. The van der Waals surface area contributed by atoms with Gasteiger partial charge in [-0.1, -0.05) is 31.5 Å². The molecule has 0 amide bonds. The Bertz CT molecular complexity index is 961. The van der Waals surface area contributed by atoms with E-state index >= 15 is 0 Å². The molecule has 1 saturated carbocycles. The number of nitrogens with one attached hydrogen (secondary N) is 1. The molecule has 1 aromatic carbocycles. The van der Waals surface area contributed by atoms with Gasteiger partial charge in [-0.3, -0.25) is 0 Å². The van der Waals surface area contributed by atoms with E-state index in [1.165, 1.54) is 24.5 Å². The Morgan fingerprint density at radius 1 is 1.14 bits per heavy atom. The molecule has 29 heavy (non-hydrogen) atoms. The highest BCUT2D eigenvalue weighted by atomic mass is 35.5. The molecule has 4 rings (SSSR count). The predicted octanol–water partition coefficient (Wildman–Crippen LogP) is 5.77.